The first-order valence-electron chi connectivity index (χ1n) is 7.68. The van der Waals surface area contributed by atoms with Crippen molar-refractivity contribution in [2.45, 2.75) is 81.8 Å². The number of thioether (sulfide) groups is 1. The van der Waals surface area contributed by atoms with Crippen molar-refractivity contribution >= 4 is 17.7 Å². The first-order chi connectivity index (χ1) is 8.98. The third-order valence-corrected chi connectivity index (χ3v) is 5.47. The van der Waals surface area contributed by atoms with Gasteiger partial charge in [0.15, 0.2) is 0 Å². The molecule has 0 bridgehead atoms. The maximum atomic E-state index is 11.7. The molecular weight excluding hydrogens is 256 g/mol. The molecule has 1 saturated carbocycles. The van der Waals surface area contributed by atoms with E-state index in [1.54, 1.807) is 0 Å². The third kappa shape index (κ3) is 5.74. The molecule has 2 atom stereocenters. The van der Waals surface area contributed by atoms with E-state index in [1.807, 2.05) is 6.92 Å². The van der Waals surface area contributed by atoms with Gasteiger partial charge in [0.25, 0.3) is 0 Å². The lowest BCUT2D eigenvalue weighted by atomic mass is 9.95. The molecule has 3 nitrogen and oxygen atoms in total. The topological polar surface area (TPSA) is 55.1 Å². The van der Waals surface area contributed by atoms with Gasteiger partial charge in [0.1, 0.15) is 0 Å². The normalized spacial score (nSPS) is 21.8. The second-order valence-corrected chi connectivity index (χ2v) is 7.78. The van der Waals surface area contributed by atoms with Gasteiger partial charge >= 0.3 is 0 Å². The fraction of sp³-hybridized carbons (Fsp3) is 0.933. The summed E-state index contributed by atoms with van der Waals surface area (Å²) in [6, 6.07) is 0. The van der Waals surface area contributed by atoms with Gasteiger partial charge in [0.05, 0.1) is 5.54 Å². The van der Waals surface area contributed by atoms with Crippen molar-refractivity contribution in [1.82, 2.24) is 5.32 Å². The van der Waals surface area contributed by atoms with E-state index in [0.717, 1.165) is 24.6 Å². The highest BCUT2D eigenvalue weighted by molar-refractivity contribution is 8.00. The molecule has 0 aromatic heterocycles. The van der Waals surface area contributed by atoms with Crippen molar-refractivity contribution in [1.29, 1.82) is 0 Å². The van der Waals surface area contributed by atoms with E-state index in [9.17, 15) is 4.79 Å². The summed E-state index contributed by atoms with van der Waals surface area (Å²) in [6.45, 7) is 7.13. The number of nitrogens with one attached hydrogen (secondary N) is 1. The zero-order chi connectivity index (χ0) is 14.3. The summed E-state index contributed by atoms with van der Waals surface area (Å²) in [7, 11) is 0. The van der Waals surface area contributed by atoms with Crippen LogP contribution < -0.4 is 11.1 Å². The summed E-state index contributed by atoms with van der Waals surface area (Å²) in [5, 5.41) is 4.59. The van der Waals surface area contributed by atoms with E-state index in [1.165, 1.54) is 32.1 Å². The lowest BCUT2D eigenvalue weighted by Crippen LogP contribution is -2.54. The molecule has 112 valence electrons. The zero-order valence-electron chi connectivity index (χ0n) is 12.7. The summed E-state index contributed by atoms with van der Waals surface area (Å²) < 4.78 is 0. The van der Waals surface area contributed by atoms with Crippen LogP contribution in [0, 0.1) is 0 Å². The van der Waals surface area contributed by atoms with E-state index < -0.39 is 5.54 Å². The van der Waals surface area contributed by atoms with Crippen molar-refractivity contribution in [2.24, 2.45) is 5.73 Å². The fourth-order valence-electron chi connectivity index (χ4n) is 2.81. The molecule has 0 spiro atoms. The predicted molar refractivity (Wildman–Crippen MR) is 84.4 cm³/mol. The Balaban J connectivity index is 2.45. The van der Waals surface area contributed by atoms with Crippen molar-refractivity contribution in [3.8, 4) is 0 Å². The van der Waals surface area contributed by atoms with Gasteiger partial charge in [0.2, 0.25) is 5.91 Å². The van der Waals surface area contributed by atoms with Gasteiger partial charge in [-0.05, 0) is 39.2 Å². The van der Waals surface area contributed by atoms with Crippen molar-refractivity contribution in [3.05, 3.63) is 0 Å². The van der Waals surface area contributed by atoms with E-state index >= 15 is 0 Å². The average Bonchev–Trinajstić information content (AvgIpc) is 2.37. The molecule has 4 heteroatoms. The lowest BCUT2D eigenvalue weighted by Gasteiger charge is -2.32. The standard InChI is InChI=1S/C15H30N2OS/c1-4-10-17-15(3,14(16)18)11-12(2)19-13-8-6-5-7-9-13/h12-13,17H,4-11H2,1-3H3,(H2,16,18). The number of carbonyl (C=O) groups excluding carboxylic acids is 1. The largest absolute Gasteiger partial charge is 0.368 e. The summed E-state index contributed by atoms with van der Waals surface area (Å²) in [4.78, 5) is 11.7. The van der Waals surface area contributed by atoms with Crippen LogP contribution in [0.2, 0.25) is 0 Å². The smallest absolute Gasteiger partial charge is 0.237 e. The Hall–Kier alpha value is -0.220. The number of carbonyl (C=O) groups is 1. The molecule has 3 N–H and O–H groups in total. The molecule has 0 aliphatic heterocycles. The molecule has 0 aromatic carbocycles. The highest BCUT2D eigenvalue weighted by Gasteiger charge is 2.33. The summed E-state index contributed by atoms with van der Waals surface area (Å²) in [6.07, 6.45) is 8.64. The first-order valence-corrected chi connectivity index (χ1v) is 8.62. The second-order valence-electron chi connectivity index (χ2n) is 6.03. The van der Waals surface area contributed by atoms with Crippen LogP contribution in [0.15, 0.2) is 0 Å². The van der Waals surface area contributed by atoms with Gasteiger partial charge < -0.3 is 11.1 Å². The number of rotatable bonds is 8. The van der Waals surface area contributed by atoms with Crippen molar-refractivity contribution in [2.75, 3.05) is 6.54 Å². The Labute approximate surface area is 122 Å². The Morgan fingerprint density at radius 3 is 2.58 bits per heavy atom. The Bertz CT molecular complexity index is 279. The minimum Gasteiger partial charge on any atom is -0.368 e. The molecule has 1 aliphatic carbocycles. The highest BCUT2D eigenvalue weighted by atomic mass is 32.2. The number of hydrogen-bond donors (Lipinski definition) is 2. The maximum Gasteiger partial charge on any atom is 0.237 e. The predicted octanol–water partition coefficient (Wildman–Crippen LogP) is 3.07. The number of hydrogen-bond acceptors (Lipinski definition) is 3. The molecular formula is C15H30N2OS. The van der Waals surface area contributed by atoms with Gasteiger partial charge in [-0.15, -0.1) is 0 Å². The third-order valence-electron chi connectivity index (χ3n) is 3.98. The second kappa shape index (κ2) is 8.15. The Morgan fingerprint density at radius 1 is 1.42 bits per heavy atom. The molecule has 0 radical (unpaired) electrons. The van der Waals surface area contributed by atoms with E-state index in [2.05, 4.69) is 30.9 Å². The Kier molecular flexibility index (Phi) is 7.22. The molecule has 0 heterocycles. The molecule has 1 rings (SSSR count). The Morgan fingerprint density at radius 2 is 2.05 bits per heavy atom. The SMILES string of the molecule is CCCNC(C)(CC(C)SC1CCCCC1)C(N)=O. The minimum atomic E-state index is -0.558. The van der Waals surface area contributed by atoms with Crippen LogP contribution in [0.1, 0.15) is 65.7 Å². The van der Waals surface area contributed by atoms with Crippen LogP contribution in [-0.2, 0) is 4.79 Å². The molecule has 19 heavy (non-hydrogen) atoms. The summed E-state index contributed by atoms with van der Waals surface area (Å²) in [5.41, 5.74) is 5.02. The van der Waals surface area contributed by atoms with E-state index in [-0.39, 0.29) is 5.91 Å². The van der Waals surface area contributed by atoms with Crippen LogP contribution in [-0.4, -0.2) is 28.5 Å². The van der Waals surface area contributed by atoms with Crippen molar-refractivity contribution in [3.63, 3.8) is 0 Å². The van der Waals surface area contributed by atoms with E-state index in [4.69, 9.17) is 5.73 Å². The van der Waals surface area contributed by atoms with Gasteiger partial charge in [-0.3, -0.25) is 4.79 Å². The summed E-state index contributed by atoms with van der Waals surface area (Å²) >= 11 is 2.05. The summed E-state index contributed by atoms with van der Waals surface area (Å²) in [5.74, 6) is -0.225. The van der Waals surface area contributed by atoms with Gasteiger partial charge in [0, 0.05) is 10.5 Å². The number of nitrogens with two attached hydrogens (primary N) is 1. The van der Waals surface area contributed by atoms with Gasteiger partial charge in [-0.1, -0.05) is 33.1 Å². The fourth-order valence-corrected chi connectivity index (χ4v) is 4.51. The van der Waals surface area contributed by atoms with Gasteiger partial charge in [-0.2, -0.15) is 11.8 Å². The minimum absolute atomic E-state index is 0.225. The number of primary amides is 1. The zero-order valence-corrected chi connectivity index (χ0v) is 13.5. The van der Waals surface area contributed by atoms with Crippen LogP contribution in [0.25, 0.3) is 0 Å². The molecule has 0 aromatic rings. The molecule has 1 fully saturated rings. The molecule has 1 aliphatic rings. The van der Waals surface area contributed by atoms with Gasteiger partial charge in [-0.25, -0.2) is 0 Å². The lowest BCUT2D eigenvalue weighted by molar-refractivity contribution is -0.124. The first kappa shape index (κ1) is 16.8. The van der Waals surface area contributed by atoms with Crippen LogP contribution in [0.3, 0.4) is 0 Å². The van der Waals surface area contributed by atoms with E-state index in [0.29, 0.717) is 5.25 Å². The maximum absolute atomic E-state index is 11.7. The highest BCUT2D eigenvalue weighted by Crippen LogP contribution is 2.33. The molecule has 2 unspecified atom stereocenters. The van der Waals surface area contributed by atoms with Crippen LogP contribution in [0.5, 0.6) is 0 Å². The quantitative estimate of drug-likeness (QED) is 0.721. The number of amides is 1. The molecule has 1 amide bonds. The molecule has 0 saturated heterocycles. The average molecular weight is 286 g/mol. The van der Waals surface area contributed by atoms with Crippen molar-refractivity contribution < 1.29 is 4.79 Å². The monoisotopic (exact) mass is 286 g/mol. The van der Waals surface area contributed by atoms with Crippen LogP contribution >= 0.6 is 11.8 Å². The van der Waals surface area contributed by atoms with Crippen LogP contribution in [0.4, 0.5) is 0 Å².